The zero-order chi connectivity index (χ0) is 14.7. The van der Waals surface area contributed by atoms with Crippen molar-refractivity contribution in [1.82, 2.24) is 0 Å². The van der Waals surface area contributed by atoms with Crippen LogP contribution in [0.15, 0.2) is 41.6 Å². The van der Waals surface area contributed by atoms with E-state index in [0.29, 0.717) is 21.4 Å². The molecule has 1 amide bonds. The fourth-order valence-corrected chi connectivity index (χ4v) is 2.20. The van der Waals surface area contributed by atoms with Crippen molar-refractivity contribution in [2.45, 2.75) is 6.92 Å². The summed E-state index contributed by atoms with van der Waals surface area (Å²) in [6.07, 6.45) is 0. The Kier molecular flexibility index (Phi) is 4.37. The number of carbonyl (C=O) groups is 1. The summed E-state index contributed by atoms with van der Waals surface area (Å²) in [7, 11) is 0. The van der Waals surface area contributed by atoms with Gasteiger partial charge in [-0.15, -0.1) is 4.91 Å². The van der Waals surface area contributed by atoms with Crippen LogP contribution in [0.25, 0.3) is 0 Å². The number of benzene rings is 2. The van der Waals surface area contributed by atoms with Crippen LogP contribution in [0.3, 0.4) is 0 Å². The predicted molar refractivity (Wildman–Crippen MR) is 81.0 cm³/mol. The predicted octanol–water partition coefficient (Wildman–Crippen LogP) is 4.95. The number of nitrogens with zero attached hydrogens (tertiary/aromatic N) is 1. The third-order valence-electron chi connectivity index (χ3n) is 2.78. The van der Waals surface area contributed by atoms with Gasteiger partial charge < -0.3 is 5.32 Å². The molecule has 1 N–H and O–H groups in total. The van der Waals surface area contributed by atoms with E-state index < -0.39 is 5.91 Å². The molecule has 0 spiro atoms. The van der Waals surface area contributed by atoms with Crippen molar-refractivity contribution in [1.29, 1.82) is 0 Å². The second kappa shape index (κ2) is 6.03. The van der Waals surface area contributed by atoms with Crippen LogP contribution in [0.1, 0.15) is 15.9 Å². The highest BCUT2D eigenvalue weighted by molar-refractivity contribution is 6.39. The molecule has 0 unspecified atom stereocenters. The second-order valence-corrected chi connectivity index (χ2v) is 4.91. The van der Waals surface area contributed by atoms with Gasteiger partial charge in [0.1, 0.15) is 0 Å². The normalized spacial score (nSPS) is 10.2. The summed E-state index contributed by atoms with van der Waals surface area (Å²) >= 11 is 12.3. The molecule has 102 valence electrons. The standard InChI is InChI=1S/C14H10Cl2N2O2/c1-8-6-7-10(15)13(12(8)16)17-11-5-3-2-4-9(11)14(19)18-20/h2-7,17H,1H3. The van der Waals surface area contributed by atoms with Crippen molar-refractivity contribution in [2.24, 2.45) is 5.18 Å². The molecule has 0 aliphatic heterocycles. The van der Waals surface area contributed by atoms with E-state index in [0.717, 1.165) is 5.56 Å². The van der Waals surface area contributed by atoms with Gasteiger partial charge >= 0.3 is 5.91 Å². The molecule has 20 heavy (non-hydrogen) atoms. The first-order chi connectivity index (χ1) is 9.54. The molecule has 0 saturated carbocycles. The smallest absolute Gasteiger partial charge is 0.318 e. The minimum atomic E-state index is -0.854. The summed E-state index contributed by atoms with van der Waals surface area (Å²) in [5, 5.41) is 6.29. The first-order valence-corrected chi connectivity index (χ1v) is 6.48. The summed E-state index contributed by atoms with van der Waals surface area (Å²) in [4.78, 5) is 21.9. The van der Waals surface area contributed by atoms with Gasteiger partial charge in [0.2, 0.25) is 0 Å². The van der Waals surface area contributed by atoms with Gasteiger partial charge in [-0.25, -0.2) is 0 Å². The Labute approximate surface area is 125 Å². The van der Waals surface area contributed by atoms with Crippen LogP contribution in [0.5, 0.6) is 0 Å². The molecule has 2 aromatic carbocycles. The van der Waals surface area contributed by atoms with E-state index in [2.05, 4.69) is 10.5 Å². The zero-order valence-corrected chi connectivity index (χ0v) is 12.0. The molecule has 4 nitrogen and oxygen atoms in total. The first-order valence-electron chi connectivity index (χ1n) is 5.73. The molecule has 2 rings (SSSR count). The fourth-order valence-electron chi connectivity index (χ4n) is 1.73. The van der Waals surface area contributed by atoms with Crippen LogP contribution < -0.4 is 5.32 Å². The monoisotopic (exact) mass is 308 g/mol. The molecule has 0 bridgehead atoms. The van der Waals surface area contributed by atoms with Gasteiger partial charge in [-0.2, -0.15) is 0 Å². The largest absolute Gasteiger partial charge is 0.352 e. The van der Waals surface area contributed by atoms with Crippen molar-refractivity contribution in [2.75, 3.05) is 5.32 Å². The highest BCUT2D eigenvalue weighted by Crippen LogP contribution is 2.35. The van der Waals surface area contributed by atoms with Crippen molar-refractivity contribution >= 4 is 40.5 Å². The molecule has 0 aliphatic rings. The minimum absolute atomic E-state index is 0.163. The fraction of sp³-hybridized carbons (Fsp3) is 0.0714. The Bertz CT molecular complexity index is 687. The Hall–Kier alpha value is -1.91. The van der Waals surface area contributed by atoms with E-state index >= 15 is 0 Å². The Morgan fingerprint density at radius 3 is 2.55 bits per heavy atom. The molecule has 0 atom stereocenters. The SMILES string of the molecule is Cc1ccc(Cl)c(Nc2ccccc2C(=O)N=O)c1Cl. The maximum atomic E-state index is 11.5. The number of hydrogen-bond donors (Lipinski definition) is 1. The molecule has 0 aromatic heterocycles. The van der Waals surface area contributed by atoms with Crippen molar-refractivity contribution < 1.29 is 4.79 Å². The van der Waals surface area contributed by atoms with E-state index in [1.807, 2.05) is 6.92 Å². The number of hydrogen-bond acceptors (Lipinski definition) is 3. The van der Waals surface area contributed by atoms with Gasteiger partial charge in [-0.3, -0.25) is 4.79 Å². The number of nitrogens with one attached hydrogen (secondary N) is 1. The number of nitroso groups, excluding NO2 is 1. The number of halogens is 2. The van der Waals surface area contributed by atoms with Crippen LogP contribution >= 0.6 is 23.2 Å². The Balaban J connectivity index is 2.48. The maximum absolute atomic E-state index is 11.5. The van der Waals surface area contributed by atoms with Crippen molar-refractivity contribution in [3.05, 3.63) is 62.5 Å². The van der Waals surface area contributed by atoms with Gasteiger partial charge in [0.25, 0.3) is 0 Å². The molecule has 2 aromatic rings. The van der Waals surface area contributed by atoms with Gasteiger partial charge in [-0.1, -0.05) is 41.4 Å². The van der Waals surface area contributed by atoms with E-state index in [9.17, 15) is 9.70 Å². The van der Waals surface area contributed by atoms with Gasteiger partial charge in [0, 0.05) is 5.18 Å². The number of anilines is 2. The molecule has 0 saturated heterocycles. The van der Waals surface area contributed by atoms with Crippen LogP contribution in [0.2, 0.25) is 10.0 Å². The van der Waals surface area contributed by atoms with Crippen molar-refractivity contribution in [3.8, 4) is 0 Å². The third kappa shape index (κ3) is 2.81. The number of para-hydroxylation sites is 1. The maximum Gasteiger partial charge on any atom is 0.318 e. The zero-order valence-electron chi connectivity index (χ0n) is 10.5. The number of carbonyl (C=O) groups excluding carboxylic acids is 1. The quantitative estimate of drug-likeness (QED) is 0.816. The average Bonchev–Trinajstić information content (AvgIpc) is 2.47. The molecular formula is C14H10Cl2N2O2. The van der Waals surface area contributed by atoms with E-state index in [-0.39, 0.29) is 5.56 Å². The lowest BCUT2D eigenvalue weighted by Gasteiger charge is -2.13. The molecule has 0 radical (unpaired) electrons. The lowest BCUT2D eigenvalue weighted by Crippen LogP contribution is -2.02. The molecule has 0 fully saturated rings. The van der Waals surface area contributed by atoms with Gasteiger partial charge in [0.15, 0.2) is 0 Å². The number of amides is 1. The molecular weight excluding hydrogens is 299 g/mol. The van der Waals surface area contributed by atoms with Crippen LogP contribution in [-0.2, 0) is 0 Å². The summed E-state index contributed by atoms with van der Waals surface area (Å²) in [6.45, 7) is 1.84. The van der Waals surface area contributed by atoms with Crippen LogP contribution in [-0.4, -0.2) is 5.91 Å². The van der Waals surface area contributed by atoms with Crippen LogP contribution in [0.4, 0.5) is 11.4 Å². The highest BCUT2D eigenvalue weighted by atomic mass is 35.5. The Morgan fingerprint density at radius 1 is 1.15 bits per heavy atom. The summed E-state index contributed by atoms with van der Waals surface area (Å²) in [5.41, 5.74) is 1.91. The van der Waals surface area contributed by atoms with E-state index in [4.69, 9.17) is 23.2 Å². The Morgan fingerprint density at radius 2 is 1.85 bits per heavy atom. The minimum Gasteiger partial charge on any atom is -0.352 e. The topological polar surface area (TPSA) is 58.5 Å². The number of rotatable bonds is 3. The lowest BCUT2D eigenvalue weighted by molar-refractivity contribution is 0.100. The molecule has 6 heteroatoms. The summed E-state index contributed by atoms with van der Waals surface area (Å²) in [6, 6.07) is 10.0. The first kappa shape index (κ1) is 14.5. The van der Waals surface area contributed by atoms with E-state index in [1.165, 1.54) is 6.07 Å². The third-order valence-corrected chi connectivity index (χ3v) is 3.59. The highest BCUT2D eigenvalue weighted by Gasteiger charge is 2.14. The van der Waals surface area contributed by atoms with Crippen LogP contribution in [0, 0.1) is 11.8 Å². The second-order valence-electron chi connectivity index (χ2n) is 4.12. The van der Waals surface area contributed by atoms with Gasteiger partial charge in [0.05, 0.1) is 27.0 Å². The molecule has 0 aliphatic carbocycles. The summed E-state index contributed by atoms with van der Waals surface area (Å²) in [5.74, 6) is -0.854. The average molecular weight is 309 g/mol. The van der Waals surface area contributed by atoms with Crippen molar-refractivity contribution in [3.63, 3.8) is 0 Å². The number of aryl methyl sites for hydroxylation is 1. The van der Waals surface area contributed by atoms with E-state index in [1.54, 1.807) is 30.3 Å². The van der Waals surface area contributed by atoms with Gasteiger partial charge in [-0.05, 0) is 30.7 Å². The summed E-state index contributed by atoms with van der Waals surface area (Å²) < 4.78 is 0. The lowest BCUT2D eigenvalue weighted by atomic mass is 10.1. The molecule has 0 heterocycles.